The van der Waals surface area contributed by atoms with E-state index in [4.69, 9.17) is 0 Å². The van der Waals surface area contributed by atoms with Gasteiger partial charge in [0.05, 0.1) is 10.2 Å². The normalized spacial score (nSPS) is 10.8. The summed E-state index contributed by atoms with van der Waals surface area (Å²) in [7, 11) is 0. The van der Waals surface area contributed by atoms with E-state index in [1.165, 1.54) is 12.1 Å². The summed E-state index contributed by atoms with van der Waals surface area (Å²) in [5, 5.41) is 5.30. The number of anilines is 1. The number of benzene rings is 1. The van der Waals surface area contributed by atoms with Crippen LogP contribution in [0.25, 0.3) is 10.2 Å². The summed E-state index contributed by atoms with van der Waals surface area (Å²) in [6.45, 7) is 2.57. The third kappa shape index (κ3) is 2.42. The Hall–Kier alpha value is -2.01. The molecule has 3 nitrogen and oxygen atoms in total. The van der Waals surface area contributed by atoms with Crippen molar-refractivity contribution in [3.8, 4) is 0 Å². The molecule has 1 N–H and O–H groups in total. The molecule has 0 amide bonds. The van der Waals surface area contributed by atoms with Gasteiger partial charge in [0.15, 0.2) is 0 Å². The Morgan fingerprint density at radius 3 is 3.05 bits per heavy atom. The largest absolute Gasteiger partial charge is 0.365 e. The maximum Gasteiger partial charge on any atom is 0.147 e. The first-order valence-electron chi connectivity index (χ1n) is 5.91. The van der Waals surface area contributed by atoms with Gasteiger partial charge in [0, 0.05) is 6.54 Å². The van der Waals surface area contributed by atoms with Crippen molar-refractivity contribution in [2.75, 3.05) is 5.32 Å². The molecule has 2 heterocycles. The van der Waals surface area contributed by atoms with Crippen LogP contribution < -0.4 is 5.32 Å². The van der Waals surface area contributed by atoms with E-state index in [-0.39, 0.29) is 5.82 Å². The number of fused-ring (bicyclic) bond motifs is 1. The second kappa shape index (κ2) is 4.93. The Labute approximate surface area is 114 Å². The van der Waals surface area contributed by atoms with E-state index < -0.39 is 0 Å². The second-order valence-electron chi connectivity index (χ2n) is 4.30. The highest BCUT2D eigenvalue weighted by atomic mass is 32.1. The van der Waals surface area contributed by atoms with E-state index in [0.717, 1.165) is 27.2 Å². The van der Waals surface area contributed by atoms with Gasteiger partial charge in [-0.2, -0.15) is 0 Å². The van der Waals surface area contributed by atoms with Crippen LogP contribution in [0.3, 0.4) is 0 Å². The molecule has 0 saturated heterocycles. The number of aryl methyl sites for hydroxylation is 1. The fourth-order valence-electron chi connectivity index (χ4n) is 1.93. The maximum absolute atomic E-state index is 13.1. The van der Waals surface area contributed by atoms with Crippen LogP contribution in [0.2, 0.25) is 0 Å². The van der Waals surface area contributed by atoms with Gasteiger partial charge in [0.25, 0.3) is 0 Å². The molecule has 0 radical (unpaired) electrons. The van der Waals surface area contributed by atoms with Crippen LogP contribution in [0.1, 0.15) is 11.1 Å². The summed E-state index contributed by atoms with van der Waals surface area (Å²) in [6, 6.07) is 6.55. The molecule has 0 spiro atoms. The molecule has 0 aliphatic rings. The topological polar surface area (TPSA) is 37.8 Å². The van der Waals surface area contributed by atoms with Crippen LogP contribution in [-0.4, -0.2) is 9.97 Å². The summed E-state index contributed by atoms with van der Waals surface area (Å²) in [5.74, 6) is 0.575. The molecular weight excluding hydrogens is 261 g/mol. The van der Waals surface area contributed by atoms with E-state index in [9.17, 15) is 4.39 Å². The van der Waals surface area contributed by atoms with E-state index in [2.05, 4.69) is 20.7 Å². The zero-order valence-corrected chi connectivity index (χ0v) is 11.2. The van der Waals surface area contributed by atoms with E-state index in [1.807, 2.05) is 13.0 Å². The molecule has 3 aromatic rings. The fraction of sp³-hybridized carbons (Fsp3) is 0.143. The highest BCUT2D eigenvalue weighted by Crippen LogP contribution is 2.28. The minimum absolute atomic E-state index is 0.223. The molecule has 3 rings (SSSR count). The third-order valence-electron chi connectivity index (χ3n) is 2.88. The number of nitrogens with zero attached hydrogens (tertiary/aromatic N) is 2. The Kier molecular flexibility index (Phi) is 3.13. The molecule has 0 atom stereocenters. The van der Waals surface area contributed by atoms with Gasteiger partial charge in [-0.05, 0) is 35.6 Å². The zero-order chi connectivity index (χ0) is 13.2. The average Bonchev–Trinajstić information content (AvgIpc) is 2.79. The first-order valence-corrected chi connectivity index (χ1v) is 6.79. The quantitative estimate of drug-likeness (QED) is 0.789. The van der Waals surface area contributed by atoms with Crippen molar-refractivity contribution in [3.63, 3.8) is 0 Å². The lowest BCUT2D eigenvalue weighted by Crippen LogP contribution is -2.02. The SMILES string of the molecule is Cc1csc2c(NCc3cccc(F)c3)ncnc12. The van der Waals surface area contributed by atoms with E-state index >= 15 is 0 Å². The first-order chi connectivity index (χ1) is 9.24. The predicted molar refractivity (Wildman–Crippen MR) is 75.9 cm³/mol. The predicted octanol–water partition coefficient (Wildman–Crippen LogP) is 3.75. The summed E-state index contributed by atoms with van der Waals surface area (Å²) in [6.07, 6.45) is 1.55. The number of thiophene rings is 1. The molecule has 19 heavy (non-hydrogen) atoms. The summed E-state index contributed by atoms with van der Waals surface area (Å²) in [5.41, 5.74) is 3.01. The maximum atomic E-state index is 13.1. The average molecular weight is 273 g/mol. The zero-order valence-electron chi connectivity index (χ0n) is 10.4. The lowest BCUT2D eigenvalue weighted by atomic mass is 10.2. The van der Waals surface area contributed by atoms with Crippen molar-refractivity contribution in [1.82, 2.24) is 9.97 Å². The van der Waals surface area contributed by atoms with Crippen LogP contribution in [0.15, 0.2) is 36.0 Å². The highest BCUT2D eigenvalue weighted by molar-refractivity contribution is 7.18. The number of rotatable bonds is 3. The van der Waals surface area contributed by atoms with Gasteiger partial charge in [-0.1, -0.05) is 12.1 Å². The fourth-order valence-corrected chi connectivity index (χ4v) is 2.90. The van der Waals surface area contributed by atoms with Crippen molar-refractivity contribution in [1.29, 1.82) is 0 Å². The van der Waals surface area contributed by atoms with Crippen LogP contribution in [-0.2, 0) is 6.54 Å². The minimum atomic E-state index is -0.223. The Balaban J connectivity index is 1.86. The van der Waals surface area contributed by atoms with Gasteiger partial charge < -0.3 is 5.32 Å². The lowest BCUT2D eigenvalue weighted by molar-refractivity contribution is 0.626. The number of halogens is 1. The molecule has 0 unspecified atom stereocenters. The molecule has 1 aromatic carbocycles. The molecule has 0 saturated carbocycles. The molecule has 96 valence electrons. The molecule has 5 heteroatoms. The van der Waals surface area contributed by atoms with Gasteiger partial charge in [0.1, 0.15) is 18.0 Å². The molecule has 0 bridgehead atoms. The molecular formula is C14H12FN3S. The smallest absolute Gasteiger partial charge is 0.147 e. The van der Waals surface area contributed by atoms with Gasteiger partial charge in [-0.3, -0.25) is 0 Å². The summed E-state index contributed by atoms with van der Waals surface area (Å²) >= 11 is 1.62. The number of hydrogen-bond acceptors (Lipinski definition) is 4. The standard InChI is InChI=1S/C14H12FN3S/c1-9-7-19-13-12(9)17-8-18-14(13)16-6-10-3-2-4-11(15)5-10/h2-5,7-8H,6H2,1H3,(H,16,17,18). The van der Waals surface area contributed by atoms with E-state index in [0.29, 0.717) is 6.54 Å². The number of aromatic nitrogens is 2. The minimum Gasteiger partial charge on any atom is -0.365 e. The summed E-state index contributed by atoms with van der Waals surface area (Å²) in [4.78, 5) is 8.52. The van der Waals surface area contributed by atoms with Crippen LogP contribution >= 0.6 is 11.3 Å². The molecule has 0 aliphatic carbocycles. The number of hydrogen-bond donors (Lipinski definition) is 1. The van der Waals surface area contributed by atoms with Gasteiger partial charge in [-0.15, -0.1) is 11.3 Å². The van der Waals surface area contributed by atoms with Crippen molar-refractivity contribution in [3.05, 3.63) is 52.9 Å². The van der Waals surface area contributed by atoms with Crippen molar-refractivity contribution in [2.24, 2.45) is 0 Å². The van der Waals surface area contributed by atoms with Crippen LogP contribution in [0, 0.1) is 12.7 Å². The van der Waals surface area contributed by atoms with Crippen molar-refractivity contribution < 1.29 is 4.39 Å². The van der Waals surface area contributed by atoms with Crippen molar-refractivity contribution >= 4 is 27.4 Å². The first kappa shape index (κ1) is 12.0. The third-order valence-corrected chi connectivity index (χ3v) is 3.97. The van der Waals surface area contributed by atoms with Crippen molar-refractivity contribution in [2.45, 2.75) is 13.5 Å². The lowest BCUT2D eigenvalue weighted by Gasteiger charge is -2.06. The molecule has 0 aliphatic heterocycles. The molecule has 2 aromatic heterocycles. The highest BCUT2D eigenvalue weighted by Gasteiger charge is 2.07. The van der Waals surface area contributed by atoms with Gasteiger partial charge in [-0.25, -0.2) is 14.4 Å². The Morgan fingerprint density at radius 2 is 2.21 bits per heavy atom. The van der Waals surface area contributed by atoms with Crippen LogP contribution in [0.5, 0.6) is 0 Å². The van der Waals surface area contributed by atoms with Crippen LogP contribution in [0.4, 0.5) is 10.2 Å². The second-order valence-corrected chi connectivity index (χ2v) is 5.18. The van der Waals surface area contributed by atoms with Gasteiger partial charge in [0.2, 0.25) is 0 Å². The van der Waals surface area contributed by atoms with Gasteiger partial charge >= 0.3 is 0 Å². The monoisotopic (exact) mass is 273 g/mol. The summed E-state index contributed by atoms with van der Waals surface area (Å²) < 4.78 is 14.1. The Morgan fingerprint density at radius 1 is 1.32 bits per heavy atom. The Bertz CT molecular complexity index is 724. The number of nitrogens with one attached hydrogen (secondary N) is 1. The van der Waals surface area contributed by atoms with E-state index in [1.54, 1.807) is 23.7 Å². The molecule has 0 fully saturated rings.